The van der Waals surface area contributed by atoms with E-state index in [1.807, 2.05) is 27.2 Å². The standard InChI is InChI=1S/C67H129N2O6P/c1-6-8-10-12-14-16-18-20-22-23-24-25-26-27-28-29-30-31-32-33-34-35-36-37-38-39-40-41-42-43-44-45-47-49-51-53-55-57-59-61-67(71)68-65(64-75-76(72,73)74-63-62-69(3,4)5)66(70)60-58-56-54-52-50-48-46-21-19-17-15-13-11-9-7-2/h18,20,23-24,50,52,58,60,65-66,70H,6-17,19,21-22,25-49,51,53-57,59,61-64H2,1-5H3,(H-,68,71,72,73)/b20-18-,24-23-,52-50+,60-58+. The van der Waals surface area contributed by atoms with Crippen LogP contribution >= 0.6 is 7.82 Å². The fourth-order valence-corrected chi connectivity index (χ4v) is 10.6. The molecule has 2 N–H and O–H groups in total. The summed E-state index contributed by atoms with van der Waals surface area (Å²) in [6.45, 7) is 4.64. The lowest BCUT2D eigenvalue weighted by atomic mass is 10.0. The van der Waals surface area contributed by atoms with Crippen molar-refractivity contribution in [3.63, 3.8) is 0 Å². The van der Waals surface area contributed by atoms with Crippen molar-refractivity contribution < 1.29 is 32.9 Å². The predicted molar refractivity (Wildman–Crippen MR) is 330 cm³/mol. The van der Waals surface area contributed by atoms with Crippen molar-refractivity contribution in [2.24, 2.45) is 0 Å². The molecule has 8 nitrogen and oxygen atoms in total. The second kappa shape index (κ2) is 58.1. The lowest BCUT2D eigenvalue weighted by Gasteiger charge is -2.29. The monoisotopic (exact) mass is 1090 g/mol. The van der Waals surface area contributed by atoms with Gasteiger partial charge in [-0.3, -0.25) is 9.36 Å². The molecule has 0 spiro atoms. The molecular formula is C67H129N2O6P. The number of aliphatic hydroxyl groups excluding tert-OH is 1. The van der Waals surface area contributed by atoms with Gasteiger partial charge in [0.25, 0.3) is 7.82 Å². The minimum atomic E-state index is -4.60. The zero-order chi connectivity index (χ0) is 55.6. The van der Waals surface area contributed by atoms with E-state index in [0.717, 1.165) is 44.9 Å². The quantitative estimate of drug-likeness (QED) is 0.0272. The van der Waals surface area contributed by atoms with Crippen molar-refractivity contribution in [3.8, 4) is 0 Å². The summed E-state index contributed by atoms with van der Waals surface area (Å²) in [6, 6.07) is -0.902. The molecule has 3 atom stereocenters. The molecule has 9 heteroatoms. The molecule has 0 saturated carbocycles. The third-order valence-electron chi connectivity index (χ3n) is 15.0. The van der Waals surface area contributed by atoms with Crippen molar-refractivity contribution in [2.75, 3.05) is 40.9 Å². The molecule has 0 fully saturated rings. The second-order valence-corrected chi connectivity index (χ2v) is 25.2. The molecule has 1 amide bonds. The Bertz CT molecular complexity index is 1380. The summed E-state index contributed by atoms with van der Waals surface area (Å²) >= 11 is 0. The van der Waals surface area contributed by atoms with E-state index in [2.05, 4.69) is 55.6 Å². The zero-order valence-corrected chi connectivity index (χ0v) is 52.1. The number of likely N-dealkylation sites (N-methyl/N-ethyl adjacent to an activating group) is 1. The Balaban J connectivity index is 3.90. The van der Waals surface area contributed by atoms with E-state index >= 15 is 0 Å². The van der Waals surface area contributed by atoms with E-state index in [9.17, 15) is 19.4 Å². The Morgan fingerprint density at radius 3 is 1.14 bits per heavy atom. The number of quaternary nitrogens is 1. The van der Waals surface area contributed by atoms with Gasteiger partial charge in [0, 0.05) is 6.42 Å². The van der Waals surface area contributed by atoms with Crippen molar-refractivity contribution in [1.82, 2.24) is 5.32 Å². The topological polar surface area (TPSA) is 108 Å². The number of amides is 1. The normalized spacial score (nSPS) is 14.0. The summed E-state index contributed by atoms with van der Waals surface area (Å²) in [5.41, 5.74) is 0. The molecule has 0 aromatic carbocycles. The lowest BCUT2D eigenvalue weighted by Crippen LogP contribution is -2.45. The number of aliphatic hydroxyl groups is 1. The first-order valence-electron chi connectivity index (χ1n) is 33.0. The Kier molecular flexibility index (Phi) is 56.9. The van der Waals surface area contributed by atoms with Crippen molar-refractivity contribution in [3.05, 3.63) is 48.6 Å². The summed E-state index contributed by atoms with van der Waals surface area (Å²) in [5.74, 6) is -0.202. The smallest absolute Gasteiger partial charge is 0.268 e. The highest BCUT2D eigenvalue weighted by atomic mass is 31.2. The van der Waals surface area contributed by atoms with Crippen molar-refractivity contribution in [1.29, 1.82) is 0 Å². The van der Waals surface area contributed by atoms with Gasteiger partial charge in [0.05, 0.1) is 39.9 Å². The van der Waals surface area contributed by atoms with Gasteiger partial charge in [-0.1, -0.05) is 300 Å². The van der Waals surface area contributed by atoms with Crippen LogP contribution in [0.2, 0.25) is 0 Å². The molecule has 0 radical (unpaired) electrons. The Morgan fingerprint density at radius 1 is 0.461 bits per heavy atom. The van der Waals surface area contributed by atoms with E-state index in [0.29, 0.717) is 17.4 Å². The number of allylic oxidation sites excluding steroid dienone is 7. The molecule has 76 heavy (non-hydrogen) atoms. The molecule has 448 valence electrons. The van der Waals surface area contributed by atoms with Gasteiger partial charge in [-0.15, -0.1) is 0 Å². The van der Waals surface area contributed by atoms with E-state index in [1.165, 1.54) is 257 Å². The third kappa shape index (κ3) is 60.1. The van der Waals surface area contributed by atoms with Crippen LogP contribution in [-0.4, -0.2) is 68.5 Å². The van der Waals surface area contributed by atoms with Crippen LogP contribution in [0, 0.1) is 0 Å². The SMILES string of the molecule is CCCCCCC/C=C\C/C=C\CCCCCCCCCCCCCCCCCCCCCCCCCCCCCC(=O)NC(COP(=O)([O-])OCC[N+](C)(C)C)C(O)/C=C/CC/C=C/CCCCCCCCCCC. The molecule has 0 aliphatic heterocycles. The minimum absolute atomic E-state index is 0.00503. The van der Waals surface area contributed by atoms with Crippen LogP contribution in [0.1, 0.15) is 322 Å². The van der Waals surface area contributed by atoms with Gasteiger partial charge in [-0.25, -0.2) is 0 Å². The van der Waals surface area contributed by atoms with Crippen LogP contribution in [0.3, 0.4) is 0 Å². The Hall–Kier alpha value is -1.54. The molecule has 0 aromatic rings. The Labute approximate surface area is 473 Å². The number of carbonyl (C=O) groups is 1. The number of carbonyl (C=O) groups excluding carboxylic acids is 1. The van der Waals surface area contributed by atoms with Gasteiger partial charge in [0.2, 0.25) is 5.91 Å². The fourth-order valence-electron chi connectivity index (χ4n) is 9.85. The maximum absolute atomic E-state index is 13.0. The third-order valence-corrected chi connectivity index (χ3v) is 16.0. The van der Waals surface area contributed by atoms with Gasteiger partial charge < -0.3 is 28.8 Å². The average molecular weight is 1090 g/mol. The highest BCUT2D eigenvalue weighted by molar-refractivity contribution is 7.45. The van der Waals surface area contributed by atoms with Crippen LogP contribution in [-0.2, 0) is 18.4 Å². The number of nitrogens with one attached hydrogen (secondary N) is 1. The predicted octanol–water partition coefficient (Wildman–Crippen LogP) is 20.0. The fraction of sp³-hybridized carbons (Fsp3) is 0.866. The van der Waals surface area contributed by atoms with Crippen LogP contribution in [0.4, 0.5) is 0 Å². The van der Waals surface area contributed by atoms with Gasteiger partial charge in [-0.2, -0.15) is 0 Å². The first kappa shape index (κ1) is 74.5. The van der Waals surface area contributed by atoms with E-state index in [-0.39, 0.29) is 19.1 Å². The maximum atomic E-state index is 13.0. The number of hydrogen-bond donors (Lipinski definition) is 2. The number of unbranched alkanes of at least 4 members (excludes halogenated alkanes) is 42. The van der Waals surface area contributed by atoms with Crippen LogP contribution in [0.15, 0.2) is 48.6 Å². The highest BCUT2D eigenvalue weighted by Crippen LogP contribution is 2.38. The molecule has 0 saturated heterocycles. The van der Waals surface area contributed by atoms with Crippen molar-refractivity contribution in [2.45, 2.75) is 334 Å². The molecule has 0 aliphatic carbocycles. The summed E-state index contributed by atoms with van der Waals surface area (Å²) in [5, 5.41) is 13.9. The summed E-state index contributed by atoms with van der Waals surface area (Å²) in [7, 11) is 1.25. The molecule has 0 rings (SSSR count). The number of phosphoric ester groups is 1. The lowest BCUT2D eigenvalue weighted by molar-refractivity contribution is -0.870. The van der Waals surface area contributed by atoms with Gasteiger partial charge in [-0.05, 0) is 64.2 Å². The molecule has 3 unspecified atom stereocenters. The molecule has 0 heterocycles. The Morgan fingerprint density at radius 2 is 0.776 bits per heavy atom. The summed E-state index contributed by atoms with van der Waals surface area (Å²) in [4.78, 5) is 25.5. The summed E-state index contributed by atoms with van der Waals surface area (Å²) < 4.78 is 23.3. The zero-order valence-electron chi connectivity index (χ0n) is 51.2. The number of phosphoric acid groups is 1. The van der Waals surface area contributed by atoms with E-state index in [1.54, 1.807) is 6.08 Å². The molecule has 0 bridgehead atoms. The molecule has 0 aromatic heterocycles. The number of nitrogens with zero attached hydrogens (tertiary/aromatic N) is 1. The van der Waals surface area contributed by atoms with Crippen LogP contribution in [0.25, 0.3) is 0 Å². The van der Waals surface area contributed by atoms with Gasteiger partial charge in [0.15, 0.2) is 0 Å². The number of hydrogen-bond acceptors (Lipinski definition) is 6. The summed E-state index contributed by atoms with van der Waals surface area (Å²) in [6.07, 6.45) is 78.1. The first-order valence-corrected chi connectivity index (χ1v) is 34.5. The highest BCUT2D eigenvalue weighted by Gasteiger charge is 2.23. The van der Waals surface area contributed by atoms with E-state index in [4.69, 9.17) is 9.05 Å². The molecule has 0 aliphatic rings. The minimum Gasteiger partial charge on any atom is -0.756 e. The number of rotatable bonds is 61. The van der Waals surface area contributed by atoms with Crippen LogP contribution in [0.5, 0.6) is 0 Å². The van der Waals surface area contributed by atoms with Gasteiger partial charge >= 0.3 is 0 Å². The van der Waals surface area contributed by atoms with Crippen molar-refractivity contribution >= 4 is 13.7 Å². The van der Waals surface area contributed by atoms with Crippen LogP contribution < -0.4 is 10.2 Å². The largest absolute Gasteiger partial charge is 0.756 e. The maximum Gasteiger partial charge on any atom is 0.268 e. The first-order chi connectivity index (χ1) is 37.0. The average Bonchev–Trinajstić information content (AvgIpc) is 3.38. The second-order valence-electron chi connectivity index (χ2n) is 23.8. The van der Waals surface area contributed by atoms with E-state index < -0.39 is 20.0 Å². The van der Waals surface area contributed by atoms with Gasteiger partial charge in [0.1, 0.15) is 13.2 Å². The molecular weight excluding hydrogens is 960 g/mol.